The number of hydrogen-bond acceptors (Lipinski definition) is 4. The average Bonchev–Trinajstić information content (AvgIpc) is 2.30. The van der Waals surface area contributed by atoms with Crippen molar-refractivity contribution in [3.05, 3.63) is 24.3 Å². The summed E-state index contributed by atoms with van der Waals surface area (Å²) < 4.78 is 28.9. The Morgan fingerprint density at radius 1 is 1.33 bits per heavy atom. The van der Waals surface area contributed by atoms with E-state index in [9.17, 15) is 8.42 Å². The van der Waals surface area contributed by atoms with Gasteiger partial charge in [0.25, 0.3) is 0 Å². The number of rotatable bonds is 7. The molecule has 0 heterocycles. The summed E-state index contributed by atoms with van der Waals surface area (Å²) in [6, 6.07) is 7.07. The van der Waals surface area contributed by atoms with Gasteiger partial charge in [0.1, 0.15) is 12.4 Å². The number of sulfone groups is 1. The second-order valence-electron chi connectivity index (χ2n) is 4.51. The Morgan fingerprint density at radius 2 is 2.00 bits per heavy atom. The van der Waals surface area contributed by atoms with E-state index < -0.39 is 9.84 Å². The van der Waals surface area contributed by atoms with Gasteiger partial charge < -0.3 is 10.5 Å². The topological polar surface area (TPSA) is 69.4 Å². The van der Waals surface area contributed by atoms with E-state index in [1.54, 1.807) is 18.2 Å². The summed E-state index contributed by atoms with van der Waals surface area (Å²) in [5.41, 5.74) is 6.22. The highest BCUT2D eigenvalue weighted by Crippen LogP contribution is 2.19. The van der Waals surface area contributed by atoms with Crippen LogP contribution in [0.25, 0.3) is 0 Å². The fourth-order valence-corrected chi connectivity index (χ4v) is 3.13. The van der Waals surface area contributed by atoms with Crippen molar-refractivity contribution in [3.63, 3.8) is 0 Å². The van der Waals surface area contributed by atoms with Gasteiger partial charge in [0.05, 0.1) is 17.2 Å². The normalized spacial score (nSPS) is 13.2. The molecule has 0 saturated carbocycles. The zero-order chi connectivity index (χ0) is 13.6. The van der Waals surface area contributed by atoms with E-state index >= 15 is 0 Å². The third-order valence-corrected chi connectivity index (χ3v) is 4.67. The highest BCUT2D eigenvalue weighted by molar-refractivity contribution is 7.91. The van der Waals surface area contributed by atoms with E-state index in [1.807, 2.05) is 19.9 Å². The standard InChI is InChI=1S/C13H21NO3S/c1-3-11(2)10-18(15,16)9-8-17-13-7-5-4-6-12(13)14/h4-7,11H,3,8-10,14H2,1-2H3. The summed E-state index contributed by atoms with van der Waals surface area (Å²) in [5.74, 6) is 0.982. The van der Waals surface area contributed by atoms with Gasteiger partial charge in [0.2, 0.25) is 0 Å². The number of hydrogen-bond donors (Lipinski definition) is 1. The molecular formula is C13H21NO3S. The molecule has 1 rings (SSSR count). The molecule has 0 aliphatic heterocycles. The molecule has 0 aliphatic carbocycles. The van der Waals surface area contributed by atoms with Crippen molar-refractivity contribution >= 4 is 15.5 Å². The SMILES string of the molecule is CCC(C)CS(=O)(=O)CCOc1ccccc1N. The van der Waals surface area contributed by atoms with E-state index in [-0.39, 0.29) is 24.0 Å². The van der Waals surface area contributed by atoms with E-state index in [1.165, 1.54) is 0 Å². The predicted octanol–water partition coefficient (Wildman–Crippen LogP) is 2.11. The van der Waals surface area contributed by atoms with Gasteiger partial charge in [-0.05, 0) is 18.1 Å². The van der Waals surface area contributed by atoms with Crippen LogP contribution in [-0.4, -0.2) is 26.5 Å². The zero-order valence-corrected chi connectivity index (χ0v) is 11.7. The van der Waals surface area contributed by atoms with Crippen LogP contribution < -0.4 is 10.5 Å². The van der Waals surface area contributed by atoms with Crippen LogP contribution in [0, 0.1) is 5.92 Å². The average molecular weight is 271 g/mol. The molecule has 18 heavy (non-hydrogen) atoms. The lowest BCUT2D eigenvalue weighted by Crippen LogP contribution is -2.21. The van der Waals surface area contributed by atoms with Crippen LogP contribution in [0.1, 0.15) is 20.3 Å². The monoisotopic (exact) mass is 271 g/mol. The van der Waals surface area contributed by atoms with Crippen LogP contribution in [0.5, 0.6) is 5.75 Å². The highest BCUT2D eigenvalue weighted by Gasteiger charge is 2.15. The smallest absolute Gasteiger partial charge is 0.153 e. The van der Waals surface area contributed by atoms with E-state index in [2.05, 4.69) is 0 Å². The minimum atomic E-state index is -3.04. The van der Waals surface area contributed by atoms with Crippen molar-refractivity contribution in [3.8, 4) is 5.75 Å². The van der Waals surface area contributed by atoms with Crippen LogP contribution in [0.4, 0.5) is 5.69 Å². The van der Waals surface area contributed by atoms with Crippen molar-refractivity contribution in [2.75, 3.05) is 23.8 Å². The number of ether oxygens (including phenoxy) is 1. The predicted molar refractivity (Wildman–Crippen MR) is 74.5 cm³/mol. The first-order valence-electron chi connectivity index (χ1n) is 6.12. The number of nitrogens with two attached hydrogens (primary N) is 1. The van der Waals surface area contributed by atoms with Crippen molar-refractivity contribution in [1.29, 1.82) is 0 Å². The zero-order valence-electron chi connectivity index (χ0n) is 10.9. The van der Waals surface area contributed by atoms with Gasteiger partial charge in [-0.1, -0.05) is 32.4 Å². The lowest BCUT2D eigenvalue weighted by atomic mass is 10.2. The molecule has 5 heteroatoms. The van der Waals surface area contributed by atoms with E-state index in [0.29, 0.717) is 11.4 Å². The molecule has 0 radical (unpaired) electrons. The van der Waals surface area contributed by atoms with Crippen LogP contribution >= 0.6 is 0 Å². The quantitative estimate of drug-likeness (QED) is 0.771. The van der Waals surface area contributed by atoms with Crippen LogP contribution in [-0.2, 0) is 9.84 Å². The molecular weight excluding hydrogens is 250 g/mol. The number of para-hydroxylation sites is 2. The number of anilines is 1. The Kier molecular flexibility index (Phi) is 5.47. The summed E-state index contributed by atoms with van der Waals surface area (Å²) in [4.78, 5) is 0. The minimum Gasteiger partial charge on any atom is -0.490 e. The fourth-order valence-electron chi connectivity index (χ4n) is 1.53. The Bertz CT molecular complexity index is 471. The molecule has 0 spiro atoms. The highest BCUT2D eigenvalue weighted by atomic mass is 32.2. The summed E-state index contributed by atoms with van der Waals surface area (Å²) in [6.45, 7) is 4.07. The number of nitrogen functional groups attached to an aromatic ring is 1. The summed E-state index contributed by atoms with van der Waals surface area (Å²) in [5, 5.41) is 0. The third kappa shape index (κ3) is 4.96. The molecule has 1 atom stereocenters. The van der Waals surface area contributed by atoms with Crippen molar-refractivity contribution in [2.24, 2.45) is 5.92 Å². The number of benzene rings is 1. The lowest BCUT2D eigenvalue weighted by molar-refractivity contribution is 0.342. The van der Waals surface area contributed by atoms with Crippen LogP contribution in [0.15, 0.2) is 24.3 Å². The first-order valence-corrected chi connectivity index (χ1v) is 7.94. The van der Waals surface area contributed by atoms with Crippen LogP contribution in [0.2, 0.25) is 0 Å². The van der Waals surface area contributed by atoms with Gasteiger partial charge in [-0.3, -0.25) is 0 Å². The maximum Gasteiger partial charge on any atom is 0.153 e. The van der Waals surface area contributed by atoms with Crippen molar-refractivity contribution in [2.45, 2.75) is 20.3 Å². The Balaban J connectivity index is 2.44. The van der Waals surface area contributed by atoms with E-state index in [0.717, 1.165) is 6.42 Å². The van der Waals surface area contributed by atoms with Gasteiger partial charge in [0.15, 0.2) is 9.84 Å². The molecule has 1 aromatic carbocycles. The molecule has 1 unspecified atom stereocenters. The maximum atomic E-state index is 11.8. The molecule has 4 nitrogen and oxygen atoms in total. The molecule has 102 valence electrons. The molecule has 0 saturated heterocycles. The fraction of sp³-hybridized carbons (Fsp3) is 0.538. The van der Waals surface area contributed by atoms with Gasteiger partial charge in [-0.25, -0.2) is 8.42 Å². The molecule has 0 aromatic heterocycles. The first-order chi connectivity index (χ1) is 8.44. The maximum absolute atomic E-state index is 11.8. The Morgan fingerprint density at radius 3 is 2.61 bits per heavy atom. The van der Waals surface area contributed by atoms with Crippen molar-refractivity contribution < 1.29 is 13.2 Å². The first kappa shape index (κ1) is 14.8. The summed E-state index contributed by atoms with van der Waals surface area (Å²) in [6.07, 6.45) is 0.867. The second kappa shape index (κ2) is 6.64. The van der Waals surface area contributed by atoms with E-state index in [4.69, 9.17) is 10.5 Å². The van der Waals surface area contributed by atoms with Gasteiger partial charge >= 0.3 is 0 Å². The molecule has 0 aliphatic rings. The Hall–Kier alpha value is -1.23. The second-order valence-corrected chi connectivity index (χ2v) is 6.74. The Labute approximate surface area is 109 Å². The molecule has 0 bridgehead atoms. The lowest BCUT2D eigenvalue weighted by Gasteiger charge is -2.11. The van der Waals surface area contributed by atoms with Gasteiger partial charge in [0, 0.05) is 0 Å². The minimum absolute atomic E-state index is 0.0334. The van der Waals surface area contributed by atoms with Gasteiger partial charge in [-0.2, -0.15) is 0 Å². The molecule has 2 N–H and O–H groups in total. The summed E-state index contributed by atoms with van der Waals surface area (Å²) in [7, 11) is -3.04. The third-order valence-electron chi connectivity index (χ3n) is 2.81. The molecule has 0 amide bonds. The van der Waals surface area contributed by atoms with Gasteiger partial charge in [-0.15, -0.1) is 0 Å². The largest absolute Gasteiger partial charge is 0.490 e. The summed E-state index contributed by atoms with van der Waals surface area (Å²) >= 11 is 0. The van der Waals surface area contributed by atoms with Crippen molar-refractivity contribution in [1.82, 2.24) is 0 Å². The molecule has 0 fully saturated rings. The van der Waals surface area contributed by atoms with Crippen LogP contribution in [0.3, 0.4) is 0 Å². The molecule has 1 aromatic rings.